The van der Waals surface area contributed by atoms with E-state index >= 15 is 0 Å². The van der Waals surface area contributed by atoms with Crippen molar-refractivity contribution < 1.29 is 13.2 Å². The molecule has 0 N–H and O–H groups in total. The first kappa shape index (κ1) is 17.7. The number of nitrogens with zero attached hydrogens (tertiary/aromatic N) is 2. The van der Waals surface area contributed by atoms with Crippen LogP contribution < -0.4 is 0 Å². The summed E-state index contributed by atoms with van der Waals surface area (Å²) in [5, 5.41) is -0.284. The van der Waals surface area contributed by atoms with Gasteiger partial charge in [-0.15, -0.1) is 11.3 Å². The zero-order valence-electron chi connectivity index (χ0n) is 13.6. The van der Waals surface area contributed by atoms with Crippen LogP contribution in [0.25, 0.3) is 10.2 Å². The maximum absolute atomic E-state index is 12.8. The molecule has 1 aromatic heterocycles. The van der Waals surface area contributed by atoms with Crippen LogP contribution >= 0.6 is 23.1 Å². The van der Waals surface area contributed by atoms with Gasteiger partial charge in [0, 0.05) is 12.6 Å². The summed E-state index contributed by atoms with van der Waals surface area (Å²) in [6.07, 6.45) is 0.542. The lowest BCUT2D eigenvalue weighted by atomic mass is 10.2. The molecule has 2 atom stereocenters. The second-order valence-electron chi connectivity index (χ2n) is 5.89. The SMILES string of the molecule is CCN(C(=O)[C@H](C)Sc1nc2ccccc2s1)[C@H]1CCS(=O)(=O)C1. The number of sulfone groups is 1. The summed E-state index contributed by atoms with van der Waals surface area (Å²) < 4.78 is 25.4. The molecular formula is C16H20N2O3S3. The Balaban J connectivity index is 1.71. The molecule has 0 unspecified atom stereocenters. The predicted octanol–water partition coefficient (Wildman–Crippen LogP) is 2.81. The molecule has 2 heterocycles. The second-order valence-corrected chi connectivity index (χ2v) is 10.7. The highest BCUT2D eigenvalue weighted by Crippen LogP contribution is 2.33. The van der Waals surface area contributed by atoms with E-state index in [2.05, 4.69) is 4.98 Å². The largest absolute Gasteiger partial charge is 0.338 e. The lowest BCUT2D eigenvalue weighted by molar-refractivity contribution is -0.131. The van der Waals surface area contributed by atoms with E-state index in [1.165, 1.54) is 11.8 Å². The van der Waals surface area contributed by atoms with Gasteiger partial charge in [-0.2, -0.15) is 0 Å². The normalized spacial score (nSPS) is 21.0. The van der Waals surface area contributed by atoms with Crippen LogP contribution in [0, 0.1) is 0 Å². The Morgan fingerprint density at radius 3 is 2.83 bits per heavy atom. The summed E-state index contributed by atoms with van der Waals surface area (Å²) in [6, 6.07) is 7.72. The summed E-state index contributed by atoms with van der Waals surface area (Å²) in [5.41, 5.74) is 0.943. The summed E-state index contributed by atoms with van der Waals surface area (Å²) in [4.78, 5) is 19.1. The fraction of sp³-hybridized carbons (Fsp3) is 0.500. The average molecular weight is 385 g/mol. The van der Waals surface area contributed by atoms with Crippen molar-refractivity contribution in [1.29, 1.82) is 0 Å². The number of hydrogen-bond acceptors (Lipinski definition) is 6. The van der Waals surface area contributed by atoms with Crippen molar-refractivity contribution in [3.63, 3.8) is 0 Å². The minimum atomic E-state index is -3.00. The number of thioether (sulfide) groups is 1. The first-order valence-electron chi connectivity index (χ1n) is 7.93. The molecule has 1 saturated heterocycles. The minimum Gasteiger partial charge on any atom is -0.338 e. The number of benzene rings is 1. The second kappa shape index (κ2) is 7.01. The Kier molecular flexibility index (Phi) is 5.17. The number of amides is 1. The highest BCUT2D eigenvalue weighted by Gasteiger charge is 2.35. The fourth-order valence-electron chi connectivity index (χ4n) is 2.95. The number of hydrogen-bond donors (Lipinski definition) is 0. The van der Waals surface area contributed by atoms with Crippen LogP contribution in [0.5, 0.6) is 0 Å². The number of rotatable bonds is 5. The topological polar surface area (TPSA) is 67.3 Å². The third-order valence-electron chi connectivity index (χ3n) is 4.17. The van der Waals surface area contributed by atoms with Gasteiger partial charge in [0.25, 0.3) is 0 Å². The molecule has 0 spiro atoms. The van der Waals surface area contributed by atoms with Gasteiger partial charge < -0.3 is 4.90 Å². The lowest BCUT2D eigenvalue weighted by Crippen LogP contribution is -2.44. The van der Waals surface area contributed by atoms with E-state index in [1.54, 1.807) is 16.2 Å². The van der Waals surface area contributed by atoms with Crippen LogP contribution in [0.15, 0.2) is 28.6 Å². The van der Waals surface area contributed by atoms with Gasteiger partial charge in [-0.05, 0) is 32.4 Å². The summed E-state index contributed by atoms with van der Waals surface area (Å²) in [6.45, 7) is 4.30. The third-order valence-corrected chi connectivity index (χ3v) is 8.14. The Bertz CT molecular complexity index is 814. The van der Waals surface area contributed by atoms with Crippen LogP contribution in [-0.4, -0.2) is 53.6 Å². The van der Waals surface area contributed by atoms with Gasteiger partial charge in [-0.1, -0.05) is 23.9 Å². The van der Waals surface area contributed by atoms with Crippen LogP contribution in [0.2, 0.25) is 0 Å². The van der Waals surface area contributed by atoms with E-state index in [1.807, 2.05) is 38.1 Å². The fourth-order valence-corrected chi connectivity index (χ4v) is 6.96. The lowest BCUT2D eigenvalue weighted by Gasteiger charge is -2.29. The number of fused-ring (bicyclic) bond motifs is 1. The Hall–Kier alpha value is -1.12. The molecule has 1 amide bonds. The van der Waals surface area contributed by atoms with Crippen molar-refractivity contribution in [3.8, 4) is 0 Å². The molecule has 1 fully saturated rings. The van der Waals surface area contributed by atoms with E-state index in [4.69, 9.17) is 0 Å². The molecule has 2 aromatic rings. The first-order valence-corrected chi connectivity index (χ1v) is 11.4. The molecule has 130 valence electrons. The van der Waals surface area contributed by atoms with Gasteiger partial charge in [0.1, 0.15) is 0 Å². The van der Waals surface area contributed by atoms with Crippen LogP contribution in [0.4, 0.5) is 0 Å². The summed E-state index contributed by atoms with van der Waals surface area (Å²) in [5.74, 6) is 0.259. The van der Waals surface area contributed by atoms with Crippen molar-refractivity contribution in [2.75, 3.05) is 18.1 Å². The highest BCUT2D eigenvalue weighted by atomic mass is 32.2. The maximum atomic E-state index is 12.8. The van der Waals surface area contributed by atoms with Gasteiger partial charge >= 0.3 is 0 Å². The van der Waals surface area contributed by atoms with Gasteiger partial charge in [0.15, 0.2) is 14.2 Å². The van der Waals surface area contributed by atoms with Gasteiger partial charge in [-0.3, -0.25) is 4.79 Å². The van der Waals surface area contributed by atoms with Crippen molar-refractivity contribution in [3.05, 3.63) is 24.3 Å². The molecular weight excluding hydrogens is 364 g/mol. The van der Waals surface area contributed by atoms with Crippen molar-refractivity contribution >= 4 is 49.1 Å². The number of aromatic nitrogens is 1. The van der Waals surface area contributed by atoms with E-state index in [0.29, 0.717) is 13.0 Å². The smallest absolute Gasteiger partial charge is 0.236 e. The van der Waals surface area contributed by atoms with E-state index in [9.17, 15) is 13.2 Å². The van der Waals surface area contributed by atoms with Crippen molar-refractivity contribution in [2.45, 2.75) is 35.9 Å². The van der Waals surface area contributed by atoms with E-state index in [0.717, 1.165) is 14.6 Å². The highest BCUT2D eigenvalue weighted by molar-refractivity contribution is 8.02. The maximum Gasteiger partial charge on any atom is 0.236 e. The zero-order chi connectivity index (χ0) is 17.3. The molecule has 0 saturated carbocycles. The Labute approximate surface area is 150 Å². The van der Waals surface area contributed by atoms with Crippen molar-refractivity contribution in [2.24, 2.45) is 0 Å². The number of thiazole rings is 1. The van der Waals surface area contributed by atoms with Crippen LogP contribution in [0.3, 0.4) is 0 Å². The molecule has 5 nitrogen and oxygen atoms in total. The van der Waals surface area contributed by atoms with Crippen LogP contribution in [-0.2, 0) is 14.6 Å². The summed E-state index contributed by atoms with van der Waals surface area (Å²) >= 11 is 3.03. The average Bonchev–Trinajstić information content (AvgIpc) is 3.10. The number of carbonyl (C=O) groups is 1. The predicted molar refractivity (Wildman–Crippen MR) is 99.4 cm³/mol. The zero-order valence-corrected chi connectivity index (χ0v) is 16.1. The standard InChI is InChI=1S/C16H20N2O3S3/c1-3-18(12-8-9-24(20,21)10-12)15(19)11(2)22-16-17-13-6-4-5-7-14(13)23-16/h4-7,11-12H,3,8-10H2,1-2H3/t11-,12-/m0/s1. The number of carbonyl (C=O) groups excluding carboxylic acids is 1. The quantitative estimate of drug-likeness (QED) is 0.742. The van der Waals surface area contributed by atoms with Gasteiger partial charge in [0.05, 0.1) is 27.0 Å². The van der Waals surface area contributed by atoms with Gasteiger partial charge in [0.2, 0.25) is 5.91 Å². The molecule has 1 aliphatic rings. The van der Waals surface area contributed by atoms with Crippen LogP contribution in [0.1, 0.15) is 20.3 Å². The minimum absolute atomic E-state index is 0.0103. The van der Waals surface area contributed by atoms with E-state index < -0.39 is 9.84 Å². The first-order chi connectivity index (χ1) is 11.4. The number of para-hydroxylation sites is 1. The van der Waals surface area contributed by atoms with Gasteiger partial charge in [-0.25, -0.2) is 13.4 Å². The molecule has 8 heteroatoms. The molecule has 0 bridgehead atoms. The molecule has 1 aliphatic heterocycles. The van der Waals surface area contributed by atoms with Crippen molar-refractivity contribution in [1.82, 2.24) is 9.88 Å². The van der Waals surface area contributed by atoms with E-state index in [-0.39, 0.29) is 28.7 Å². The monoisotopic (exact) mass is 384 g/mol. The molecule has 24 heavy (non-hydrogen) atoms. The third kappa shape index (κ3) is 3.75. The molecule has 1 aromatic carbocycles. The summed E-state index contributed by atoms with van der Waals surface area (Å²) in [7, 11) is -3.00. The Morgan fingerprint density at radius 1 is 1.46 bits per heavy atom. The Morgan fingerprint density at radius 2 is 2.21 bits per heavy atom. The molecule has 0 aliphatic carbocycles. The molecule has 0 radical (unpaired) electrons. The molecule has 3 rings (SSSR count).